The minimum absolute atomic E-state index is 0.00327. The zero-order valence-electron chi connectivity index (χ0n) is 24.9. The Balaban J connectivity index is 1.38. The molecule has 4 aromatic carbocycles. The van der Waals surface area contributed by atoms with Crippen molar-refractivity contribution in [2.24, 2.45) is 0 Å². The maximum absolute atomic E-state index is 4.83. The Labute approximate surface area is 258 Å². The number of pyridine rings is 2. The van der Waals surface area contributed by atoms with Crippen molar-refractivity contribution in [2.75, 3.05) is 9.80 Å². The molecule has 0 saturated heterocycles. The summed E-state index contributed by atoms with van der Waals surface area (Å²) in [5.41, 5.74) is 11.3. The maximum atomic E-state index is 4.83. The van der Waals surface area contributed by atoms with Crippen LogP contribution in [0.1, 0.15) is 29.2 Å². The molecule has 212 valence electrons. The van der Waals surface area contributed by atoms with Gasteiger partial charge in [0.05, 0.1) is 11.7 Å². The first-order valence-corrected chi connectivity index (χ1v) is 15.2. The summed E-state index contributed by atoms with van der Waals surface area (Å²) in [5.74, 6) is 1.84. The Morgan fingerprint density at radius 3 is 2.02 bits per heavy atom. The van der Waals surface area contributed by atoms with Gasteiger partial charge in [0.25, 0.3) is 0 Å². The van der Waals surface area contributed by atoms with Gasteiger partial charge in [0.2, 0.25) is 0 Å². The largest absolute Gasteiger partial charge is 0.315 e. The molecule has 1 unspecified atom stereocenters. The molecular formula is C40H32N4. The zero-order chi connectivity index (χ0) is 29.6. The predicted octanol–water partition coefficient (Wildman–Crippen LogP) is 9.97. The molecular weight excluding hydrogens is 536 g/mol. The number of anilines is 5. The molecule has 4 nitrogen and oxygen atoms in total. The molecule has 0 radical (unpaired) electrons. The molecule has 0 amide bonds. The molecule has 44 heavy (non-hydrogen) atoms. The molecule has 0 aliphatic heterocycles. The molecule has 4 heteroatoms. The van der Waals surface area contributed by atoms with Crippen molar-refractivity contribution in [3.8, 4) is 0 Å². The lowest BCUT2D eigenvalue weighted by atomic mass is 9.75. The SMILES string of the molecule is CC1=CC(N(c2ccccc2)c2ccccn2)C2=CCc3c(C)cc(N(c4ccccc4)c4ccccn4)c4ccc1c2c34. The normalized spacial score (nSPS) is 15.0. The second kappa shape index (κ2) is 10.7. The average Bonchev–Trinajstić information content (AvgIpc) is 3.08. The molecule has 0 saturated carbocycles. The quantitative estimate of drug-likeness (QED) is 0.200. The van der Waals surface area contributed by atoms with Crippen LogP contribution < -0.4 is 9.80 Å². The number of aromatic nitrogens is 2. The van der Waals surface area contributed by atoms with Crippen LogP contribution in [0.3, 0.4) is 0 Å². The first kappa shape index (κ1) is 26.2. The van der Waals surface area contributed by atoms with Gasteiger partial charge in [0.1, 0.15) is 11.6 Å². The minimum Gasteiger partial charge on any atom is -0.315 e. The van der Waals surface area contributed by atoms with Gasteiger partial charge in [-0.1, -0.05) is 72.8 Å². The highest BCUT2D eigenvalue weighted by Gasteiger charge is 2.34. The maximum Gasteiger partial charge on any atom is 0.137 e. The van der Waals surface area contributed by atoms with E-state index in [0.717, 1.165) is 35.1 Å². The van der Waals surface area contributed by atoms with Crippen molar-refractivity contribution in [3.05, 3.63) is 162 Å². The number of para-hydroxylation sites is 2. The number of rotatable bonds is 6. The van der Waals surface area contributed by atoms with E-state index >= 15 is 0 Å². The molecule has 0 N–H and O–H groups in total. The highest BCUT2D eigenvalue weighted by atomic mass is 15.2. The number of hydrogen-bond donors (Lipinski definition) is 0. The molecule has 2 aliphatic carbocycles. The average molecular weight is 569 g/mol. The standard InChI is InChI=1S/C40H32N4/c1-27-25-35(43(29-13-5-3-6-14-29)37-17-9-11-23-41-37)33-22-20-32-28(2)26-36(34-21-19-31(27)39(33)40(32)34)44(30-15-7-4-8-16-30)38-18-10-12-24-42-38/h3-19,21-26,35H,20H2,1-2H3. The van der Waals surface area contributed by atoms with Gasteiger partial charge in [-0.15, -0.1) is 0 Å². The van der Waals surface area contributed by atoms with Crippen LogP contribution in [0.25, 0.3) is 21.9 Å². The van der Waals surface area contributed by atoms with E-state index in [-0.39, 0.29) is 6.04 Å². The van der Waals surface area contributed by atoms with Crippen LogP contribution in [0.4, 0.5) is 28.7 Å². The minimum atomic E-state index is 0.00327. The van der Waals surface area contributed by atoms with Crippen LogP contribution in [0.5, 0.6) is 0 Å². The molecule has 0 fully saturated rings. The Morgan fingerprint density at radius 2 is 1.34 bits per heavy atom. The summed E-state index contributed by atoms with van der Waals surface area (Å²) >= 11 is 0. The van der Waals surface area contributed by atoms with Gasteiger partial charge in [0.15, 0.2) is 0 Å². The zero-order valence-corrected chi connectivity index (χ0v) is 24.9. The molecule has 2 aliphatic rings. The van der Waals surface area contributed by atoms with E-state index in [1.165, 1.54) is 44.2 Å². The Bertz CT molecular complexity index is 1970. The molecule has 6 aromatic rings. The highest BCUT2D eigenvalue weighted by Crippen LogP contribution is 2.50. The van der Waals surface area contributed by atoms with Gasteiger partial charge in [-0.2, -0.15) is 0 Å². The summed E-state index contributed by atoms with van der Waals surface area (Å²) in [7, 11) is 0. The smallest absolute Gasteiger partial charge is 0.137 e. The summed E-state index contributed by atoms with van der Waals surface area (Å²) < 4.78 is 0. The van der Waals surface area contributed by atoms with Gasteiger partial charge in [-0.3, -0.25) is 4.90 Å². The molecule has 0 spiro atoms. The van der Waals surface area contributed by atoms with Crippen molar-refractivity contribution in [2.45, 2.75) is 26.3 Å². The molecule has 1 atom stereocenters. The van der Waals surface area contributed by atoms with E-state index < -0.39 is 0 Å². The van der Waals surface area contributed by atoms with Crippen molar-refractivity contribution >= 4 is 50.6 Å². The Hall–Kier alpha value is -5.48. The molecule has 2 aromatic heterocycles. The fraction of sp³-hybridized carbons (Fsp3) is 0.100. The monoisotopic (exact) mass is 568 g/mol. The van der Waals surface area contributed by atoms with Crippen LogP contribution in [0.2, 0.25) is 0 Å². The highest BCUT2D eigenvalue weighted by molar-refractivity contribution is 6.11. The summed E-state index contributed by atoms with van der Waals surface area (Å²) in [4.78, 5) is 14.3. The third-order valence-corrected chi connectivity index (χ3v) is 8.92. The fourth-order valence-corrected chi connectivity index (χ4v) is 6.96. The van der Waals surface area contributed by atoms with Gasteiger partial charge < -0.3 is 4.90 Å². The number of nitrogens with zero attached hydrogens (tertiary/aromatic N) is 4. The van der Waals surface area contributed by atoms with Crippen LogP contribution in [0.15, 0.2) is 140 Å². The Kier molecular flexibility index (Phi) is 6.34. The lowest BCUT2D eigenvalue weighted by molar-refractivity contribution is 0.921. The van der Waals surface area contributed by atoms with Crippen molar-refractivity contribution < 1.29 is 0 Å². The fourth-order valence-electron chi connectivity index (χ4n) is 6.96. The van der Waals surface area contributed by atoms with Gasteiger partial charge in [0, 0.05) is 29.2 Å². The summed E-state index contributed by atoms with van der Waals surface area (Å²) in [5, 5.41) is 2.58. The third kappa shape index (κ3) is 4.22. The summed E-state index contributed by atoms with van der Waals surface area (Å²) in [6.07, 6.45) is 9.50. The molecule has 0 bridgehead atoms. The second-order valence-corrected chi connectivity index (χ2v) is 11.5. The number of hydrogen-bond acceptors (Lipinski definition) is 4. The first-order valence-electron chi connectivity index (χ1n) is 15.2. The van der Waals surface area contributed by atoms with Crippen molar-refractivity contribution in [1.29, 1.82) is 0 Å². The first-order chi connectivity index (χ1) is 21.7. The van der Waals surface area contributed by atoms with E-state index in [1.807, 2.05) is 24.5 Å². The van der Waals surface area contributed by atoms with Crippen LogP contribution in [-0.4, -0.2) is 16.0 Å². The lowest BCUT2D eigenvalue weighted by Gasteiger charge is -2.39. The summed E-state index contributed by atoms with van der Waals surface area (Å²) in [6.45, 7) is 4.50. The Morgan fingerprint density at radius 1 is 0.682 bits per heavy atom. The van der Waals surface area contributed by atoms with Crippen LogP contribution >= 0.6 is 0 Å². The van der Waals surface area contributed by atoms with Crippen LogP contribution in [0, 0.1) is 6.92 Å². The topological polar surface area (TPSA) is 32.3 Å². The second-order valence-electron chi connectivity index (χ2n) is 11.5. The lowest BCUT2D eigenvalue weighted by Crippen LogP contribution is -2.34. The van der Waals surface area contributed by atoms with Crippen molar-refractivity contribution in [3.63, 3.8) is 0 Å². The van der Waals surface area contributed by atoms with E-state index in [1.54, 1.807) is 0 Å². The van der Waals surface area contributed by atoms with E-state index in [2.05, 4.69) is 139 Å². The molecule has 8 rings (SSSR count). The number of aryl methyl sites for hydroxylation is 1. The summed E-state index contributed by atoms with van der Waals surface area (Å²) in [6, 6.07) is 40.5. The number of benzene rings is 4. The van der Waals surface area contributed by atoms with Crippen molar-refractivity contribution in [1.82, 2.24) is 9.97 Å². The van der Waals surface area contributed by atoms with Gasteiger partial charge >= 0.3 is 0 Å². The van der Waals surface area contributed by atoms with Crippen LogP contribution in [-0.2, 0) is 6.42 Å². The van der Waals surface area contributed by atoms with E-state index in [9.17, 15) is 0 Å². The van der Waals surface area contributed by atoms with E-state index in [0.29, 0.717) is 0 Å². The third-order valence-electron chi connectivity index (χ3n) is 8.92. The molecule has 2 heterocycles. The predicted molar refractivity (Wildman–Crippen MR) is 183 cm³/mol. The number of allylic oxidation sites excluding steroid dienone is 2. The van der Waals surface area contributed by atoms with Gasteiger partial charge in [-0.05, 0) is 114 Å². The van der Waals surface area contributed by atoms with Gasteiger partial charge in [-0.25, -0.2) is 9.97 Å². The van der Waals surface area contributed by atoms with E-state index in [4.69, 9.17) is 9.97 Å².